The molecule has 0 radical (unpaired) electrons. The lowest BCUT2D eigenvalue weighted by atomic mass is 9.92. The van der Waals surface area contributed by atoms with Crippen LogP contribution in [0.1, 0.15) is 50.6 Å². The molecule has 33 heavy (non-hydrogen) atoms. The molecule has 3 rings (SSSR count). The van der Waals surface area contributed by atoms with Crippen LogP contribution in [0.5, 0.6) is 0 Å². The number of carbonyl (C=O) groups excluding carboxylic acids is 1. The summed E-state index contributed by atoms with van der Waals surface area (Å²) in [7, 11) is -3.49. The number of amides is 2. The zero-order chi connectivity index (χ0) is 24.6. The van der Waals surface area contributed by atoms with Gasteiger partial charge < -0.3 is 15.3 Å². The normalized spacial score (nSPS) is 18.2. The van der Waals surface area contributed by atoms with E-state index >= 15 is 4.39 Å². The van der Waals surface area contributed by atoms with E-state index in [9.17, 15) is 27.1 Å². The lowest BCUT2D eigenvalue weighted by Crippen LogP contribution is -2.48. The van der Waals surface area contributed by atoms with Gasteiger partial charge in [-0.2, -0.15) is 5.10 Å². The van der Waals surface area contributed by atoms with Crippen LogP contribution >= 0.6 is 0 Å². The average Bonchev–Trinajstić information content (AvgIpc) is 3.16. The van der Waals surface area contributed by atoms with Gasteiger partial charge in [0, 0.05) is 44.1 Å². The van der Waals surface area contributed by atoms with Crippen LogP contribution in [0.15, 0.2) is 29.4 Å². The molecule has 1 saturated heterocycles. The van der Waals surface area contributed by atoms with Crippen molar-refractivity contribution in [2.45, 2.75) is 49.1 Å². The van der Waals surface area contributed by atoms with Crippen molar-refractivity contribution >= 4 is 21.6 Å². The Morgan fingerprint density at radius 1 is 1.33 bits per heavy atom. The Hall–Kier alpha value is -2.67. The van der Waals surface area contributed by atoms with Crippen LogP contribution in [-0.2, 0) is 16.9 Å². The van der Waals surface area contributed by atoms with Gasteiger partial charge in [0.05, 0.1) is 11.8 Å². The smallest absolute Gasteiger partial charge is 0.321 e. The first-order valence-electron chi connectivity index (χ1n) is 10.3. The van der Waals surface area contributed by atoms with Gasteiger partial charge in [-0.05, 0) is 38.8 Å². The quantitative estimate of drug-likeness (QED) is 0.644. The van der Waals surface area contributed by atoms with Gasteiger partial charge in [0.1, 0.15) is 10.6 Å². The van der Waals surface area contributed by atoms with Crippen LogP contribution in [-0.4, -0.2) is 57.3 Å². The van der Waals surface area contributed by atoms with Gasteiger partial charge in [-0.25, -0.2) is 26.4 Å². The third-order valence-corrected chi connectivity index (χ3v) is 8.09. The maximum atomic E-state index is 15.7. The Balaban J connectivity index is 1.69. The molecule has 1 aliphatic rings. The van der Waals surface area contributed by atoms with E-state index in [0.29, 0.717) is 11.4 Å². The highest BCUT2D eigenvalue weighted by atomic mass is 32.2. The topological polar surface area (TPSA) is 117 Å². The fourth-order valence-corrected chi connectivity index (χ4v) is 5.63. The van der Waals surface area contributed by atoms with Crippen LogP contribution in [0.25, 0.3) is 0 Å². The van der Waals surface area contributed by atoms with E-state index in [1.165, 1.54) is 31.1 Å². The van der Waals surface area contributed by atoms with Crippen molar-refractivity contribution in [3.63, 3.8) is 0 Å². The molecule has 2 aromatic rings. The molecule has 2 atom stereocenters. The van der Waals surface area contributed by atoms with Gasteiger partial charge in [0.25, 0.3) is 6.43 Å². The Kier molecular flexibility index (Phi) is 7.03. The number of aryl methyl sites for hydroxylation is 1. The molecule has 1 aliphatic heterocycles. The summed E-state index contributed by atoms with van der Waals surface area (Å²) in [5.41, 5.74) is -0.183. The van der Waals surface area contributed by atoms with Crippen molar-refractivity contribution in [3.05, 3.63) is 35.9 Å². The molecule has 0 aliphatic carbocycles. The molecular weight excluding hydrogens is 463 g/mol. The molecule has 1 unspecified atom stereocenters. The standard InChI is InChI=1S/C20H26F3N5O4S/c1-12(29)15-10-14(4-7-24-15)25-19(30)28-8-5-13(6-9-28)20(2,23)33(31,32)16-11-27(3)26-17(16)18(21)22/h4,7,10-13,18,29H,5-6,8-9H2,1-3H3,(H,24,25,30)/t12-,20?/m0/s1. The van der Waals surface area contributed by atoms with Crippen LogP contribution in [0.4, 0.5) is 23.7 Å². The number of urea groups is 1. The number of aromatic nitrogens is 3. The van der Waals surface area contributed by atoms with Crippen LogP contribution in [0, 0.1) is 5.92 Å². The number of aliphatic hydroxyl groups excluding tert-OH is 1. The predicted molar refractivity (Wildman–Crippen MR) is 113 cm³/mol. The van der Waals surface area contributed by atoms with Gasteiger partial charge in [0.15, 0.2) is 0 Å². The Morgan fingerprint density at radius 3 is 2.55 bits per heavy atom. The Morgan fingerprint density at radius 2 is 1.97 bits per heavy atom. The molecule has 9 nitrogen and oxygen atoms in total. The minimum Gasteiger partial charge on any atom is -0.387 e. The van der Waals surface area contributed by atoms with Crippen LogP contribution < -0.4 is 5.32 Å². The largest absolute Gasteiger partial charge is 0.387 e. The molecule has 2 amide bonds. The van der Waals surface area contributed by atoms with E-state index in [2.05, 4.69) is 15.4 Å². The third-order valence-electron chi connectivity index (χ3n) is 5.82. The molecule has 0 bridgehead atoms. The second-order valence-electron chi connectivity index (χ2n) is 8.18. The number of hydrogen-bond donors (Lipinski definition) is 2. The molecule has 0 saturated carbocycles. The van der Waals surface area contributed by atoms with Crippen molar-refractivity contribution in [3.8, 4) is 0 Å². The summed E-state index contributed by atoms with van der Waals surface area (Å²) in [4.78, 5) is 17.2. The first-order chi connectivity index (χ1) is 15.3. The SMILES string of the molecule is C[C@H](O)c1cc(NC(=O)N2CCC(C(C)(F)S(=O)(=O)c3cn(C)nc3C(F)F)CC2)ccn1. The molecular formula is C20H26F3N5O4S. The van der Waals surface area contributed by atoms with Gasteiger partial charge in [-0.15, -0.1) is 0 Å². The number of anilines is 1. The van der Waals surface area contributed by atoms with E-state index in [0.717, 1.165) is 17.8 Å². The second-order valence-corrected chi connectivity index (χ2v) is 10.4. The van der Waals surface area contributed by atoms with Crippen molar-refractivity contribution < 1.29 is 31.5 Å². The van der Waals surface area contributed by atoms with Gasteiger partial charge in [-0.3, -0.25) is 9.67 Å². The number of alkyl halides is 3. The molecule has 182 valence electrons. The Labute approximate surface area is 189 Å². The zero-order valence-corrected chi connectivity index (χ0v) is 19.2. The van der Waals surface area contributed by atoms with E-state index in [1.54, 1.807) is 6.07 Å². The van der Waals surface area contributed by atoms with Gasteiger partial charge >= 0.3 is 6.03 Å². The van der Waals surface area contributed by atoms with Crippen LogP contribution in [0.2, 0.25) is 0 Å². The number of halogens is 3. The number of piperidine rings is 1. The molecule has 0 aromatic carbocycles. The number of rotatable bonds is 6. The highest BCUT2D eigenvalue weighted by Crippen LogP contribution is 2.41. The maximum absolute atomic E-state index is 15.7. The van der Waals surface area contributed by atoms with E-state index in [4.69, 9.17) is 0 Å². The highest BCUT2D eigenvalue weighted by molar-refractivity contribution is 7.92. The molecule has 0 spiro atoms. The van der Waals surface area contributed by atoms with E-state index in [1.807, 2.05) is 0 Å². The number of carbonyl (C=O) groups is 1. The summed E-state index contributed by atoms with van der Waals surface area (Å²) < 4.78 is 69.0. The number of pyridine rings is 1. The van der Waals surface area contributed by atoms with E-state index in [-0.39, 0.29) is 25.9 Å². The number of nitrogens with zero attached hydrogens (tertiary/aromatic N) is 4. The first kappa shape index (κ1) is 25.0. The van der Waals surface area contributed by atoms with Crippen molar-refractivity contribution in [1.29, 1.82) is 0 Å². The summed E-state index contributed by atoms with van der Waals surface area (Å²) in [6, 6.07) is 2.61. The fourth-order valence-electron chi connectivity index (χ4n) is 3.83. The average molecular weight is 490 g/mol. The van der Waals surface area contributed by atoms with E-state index < -0.39 is 49.9 Å². The highest BCUT2D eigenvalue weighted by Gasteiger charge is 2.50. The third kappa shape index (κ3) is 4.98. The number of aliphatic hydroxyl groups is 1. The minimum atomic E-state index is -4.77. The number of nitrogens with one attached hydrogen (secondary N) is 1. The molecule has 2 N–H and O–H groups in total. The summed E-state index contributed by atoms with van der Waals surface area (Å²) in [5, 5.41) is 12.9. The zero-order valence-electron chi connectivity index (χ0n) is 18.4. The Bertz CT molecular complexity index is 1110. The molecule has 2 aromatic heterocycles. The minimum absolute atomic E-state index is 0.0270. The van der Waals surface area contributed by atoms with Crippen molar-refractivity contribution in [1.82, 2.24) is 19.7 Å². The molecule has 3 heterocycles. The van der Waals surface area contributed by atoms with Gasteiger partial charge in [-0.1, -0.05) is 0 Å². The first-order valence-corrected chi connectivity index (χ1v) is 11.8. The lowest BCUT2D eigenvalue weighted by molar-refractivity contribution is 0.116. The second kappa shape index (κ2) is 9.29. The maximum Gasteiger partial charge on any atom is 0.321 e. The summed E-state index contributed by atoms with van der Waals surface area (Å²) in [6.07, 6.45) is -1.60. The number of hydrogen-bond acceptors (Lipinski definition) is 6. The summed E-state index contributed by atoms with van der Waals surface area (Å²) in [6.45, 7) is 2.57. The fraction of sp³-hybridized carbons (Fsp3) is 0.550. The predicted octanol–water partition coefficient (Wildman–Crippen LogP) is 3.21. The van der Waals surface area contributed by atoms with Crippen molar-refractivity contribution in [2.75, 3.05) is 18.4 Å². The van der Waals surface area contributed by atoms with Crippen molar-refractivity contribution in [2.24, 2.45) is 13.0 Å². The number of sulfone groups is 1. The summed E-state index contributed by atoms with van der Waals surface area (Å²) in [5.74, 6) is -1.000. The van der Waals surface area contributed by atoms with Gasteiger partial charge in [0.2, 0.25) is 14.8 Å². The van der Waals surface area contributed by atoms with Crippen LogP contribution in [0.3, 0.4) is 0 Å². The molecule has 1 fully saturated rings. The monoisotopic (exact) mass is 489 g/mol. The lowest BCUT2D eigenvalue weighted by Gasteiger charge is -2.37. The summed E-state index contributed by atoms with van der Waals surface area (Å²) >= 11 is 0. The number of likely N-dealkylation sites (tertiary alicyclic amines) is 1. The molecule has 13 heteroatoms.